The summed E-state index contributed by atoms with van der Waals surface area (Å²) in [5, 5.41) is 17.1. The number of hydrogen-bond acceptors (Lipinski definition) is 6. The highest BCUT2D eigenvalue weighted by Gasteiger charge is 2.24. The van der Waals surface area contributed by atoms with E-state index in [1.54, 1.807) is 12.3 Å². The van der Waals surface area contributed by atoms with E-state index in [0.717, 1.165) is 5.01 Å². The molecule has 1 aromatic carbocycles. The highest BCUT2D eigenvalue weighted by molar-refractivity contribution is 7.09. The van der Waals surface area contributed by atoms with E-state index in [9.17, 15) is 10.1 Å². The summed E-state index contributed by atoms with van der Waals surface area (Å²) in [7, 11) is 0. The van der Waals surface area contributed by atoms with E-state index in [1.165, 1.54) is 23.5 Å². The number of hydrogen-bond donors (Lipinski definition) is 1. The van der Waals surface area contributed by atoms with Gasteiger partial charge in [0, 0.05) is 29.4 Å². The van der Waals surface area contributed by atoms with Crippen LogP contribution in [-0.2, 0) is 5.54 Å². The topological polar surface area (TPSA) is 77.3 Å². The van der Waals surface area contributed by atoms with Crippen LogP contribution >= 0.6 is 11.3 Å². The summed E-state index contributed by atoms with van der Waals surface area (Å²) >= 11 is 1.54. The second-order valence-electron chi connectivity index (χ2n) is 4.99. The number of nitro benzene ring substituents is 1. The van der Waals surface area contributed by atoms with Crippen molar-refractivity contribution in [3.8, 4) is 5.75 Å². The van der Waals surface area contributed by atoms with Gasteiger partial charge in [0.2, 0.25) is 0 Å². The number of rotatable bonds is 6. The molecule has 0 aliphatic carbocycles. The molecule has 1 aromatic heterocycles. The van der Waals surface area contributed by atoms with Crippen LogP contribution in [0.15, 0.2) is 29.8 Å². The van der Waals surface area contributed by atoms with Crippen molar-refractivity contribution in [2.75, 3.05) is 11.9 Å². The molecule has 0 aliphatic rings. The highest BCUT2D eigenvalue weighted by Crippen LogP contribution is 2.31. The van der Waals surface area contributed by atoms with E-state index in [2.05, 4.69) is 10.3 Å². The van der Waals surface area contributed by atoms with Crippen molar-refractivity contribution in [1.29, 1.82) is 0 Å². The van der Waals surface area contributed by atoms with Crippen molar-refractivity contribution < 1.29 is 9.66 Å². The Morgan fingerprint density at radius 1 is 1.43 bits per heavy atom. The maximum absolute atomic E-state index is 11.0. The van der Waals surface area contributed by atoms with Crippen LogP contribution in [0, 0.1) is 10.1 Å². The maximum atomic E-state index is 11.0. The third-order valence-electron chi connectivity index (χ3n) is 2.84. The van der Waals surface area contributed by atoms with Crippen molar-refractivity contribution in [2.24, 2.45) is 0 Å². The van der Waals surface area contributed by atoms with Crippen LogP contribution < -0.4 is 10.1 Å². The van der Waals surface area contributed by atoms with Gasteiger partial charge in [-0.25, -0.2) is 4.98 Å². The lowest BCUT2D eigenvalue weighted by Gasteiger charge is -2.25. The number of nitrogens with zero attached hydrogens (tertiary/aromatic N) is 2. The van der Waals surface area contributed by atoms with Crippen LogP contribution in [-0.4, -0.2) is 16.5 Å². The van der Waals surface area contributed by atoms with Crippen molar-refractivity contribution in [1.82, 2.24) is 4.98 Å². The summed E-state index contributed by atoms with van der Waals surface area (Å²) in [4.78, 5) is 14.9. The molecule has 0 atom stereocenters. The average molecular weight is 307 g/mol. The zero-order valence-electron chi connectivity index (χ0n) is 12.1. The third kappa shape index (κ3) is 3.69. The number of thiazole rings is 1. The molecule has 0 amide bonds. The zero-order chi connectivity index (χ0) is 15.5. The fraction of sp³-hybridized carbons (Fsp3) is 0.357. The van der Waals surface area contributed by atoms with Crippen LogP contribution in [0.3, 0.4) is 0 Å². The second-order valence-corrected chi connectivity index (χ2v) is 5.89. The molecule has 0 bridgehead atoms. The summed E-state index contributed by atoms with van der Waals surface area (Å²) in [5.41, 5.74) is 0.207. The molecular formula is C14H17N3O3S. The molecule has 112 valence electrons. The van der Waals surface area contributed by atoms with Crippen molar-refractivity contribution in [3.05, 3.63) is 44.9 Å². The fourth-order valence-electron chi connectivity index (χ4n) is 1.96. The molecule has 1 N–H and O–H groups in total. The molecule has 0 unspecified atom stereocenters. The molecular weight excluding hydrogens is 290 g/mol. The normalized spacial score (nSPS) is 11.2. The second kappa shape index (κ2) is 6.09. The van der Waals surface area contributed by atoms with Gasteiger partial charge in [-0.05, 0) is 20.8 Å². The van der Waals surface area contributed by atoms with Crippen LogP contribution in [0.1, 0.15) is 25.8 Å². The summed E-state index contributed by atoms with van der Waals surface area (Å²) in [6.07, 6.45) is 1.74. The Kier molecular flexibility index (Phi) is 4.42. The predicted molar refractivity (Wildman–Crippen MR) is 83.0 cm³/mol. The first-order valence-corrected chi connectivity index (χ1v) is 7.41. The highest BCUT2D eigenvalue weighted by atomic mass is 32.1. The zero-order valence-corrected chi connectivity index (χ0v) is 12.9. The summed E-state index contributed by atoms with van der Waals surface area (Å²) in [5.74, 6) is 0.476. The number of aromatic nitrogens is 1. The van der Waals surface area contributed by atoms with Crippen molar-refractivity contribution in [3.63, 3.8) is 0 Å². The summed E-state index contributed by atoms with van der Waals surface area (Å²) in [6.45, 7) is 6.25. The van der Waals surface area contributed by atoms with Gasteiger partial charge in [-0.3, -0.25) is 10.1 Å². The van der Waals surface area contributed by atoms with Gasteiger partial charge in [-0.1, -0.05) is 0 Å². The number of anilines is 1. The van der Waals surface area contributed by atoms with Crippen LogP contribution in [0.4, 0.5) is 11.4 Å². The van der Waals surface area contributed by atoms with Crippen LogP contribution in [0.2, 0.25) is 0 Å². The molecule has 0 radical (unpaired) electrons. The summed E-state index contributed by atoms with van der Waals surface area (Å²) in [6, 6.07) is 4.68. The van der Waals surface area contributed by atoms with Gasteiger partial charge in [-0.2, -0.15) is 0 Å². The fourth-order valence-corrected chi connectivity index (χ4v) is 2.68. The Balaban J connectivity index is 2.32. The van der Waals surface area contributed by atoms with E-state index < -0.39 is 10.5 Å². The molecule has 0 aliphatic heterocycles. The van der Waals surface area contributed by atoms with E-state index >= 15 is 0 Å². The first-order chi connectivity index (χ1) is 9.92. The molecule has 21 heavy (non-hydrogen) atoms. The number of benzene rings is 1. The molecule has 0 saturated heterocycles. The molecule has 6 nitrogen and oxygen atoms in total. The minimum atomic E-state index is -0.426. The first kappa shape index (κ1) is 15.2. The number of ether oxygens (including phenoxy) is 1. The lowest BCUT2D eigenvalue weighted by atomic mass is 10.1. The van der Waals surface area contributed by atoms with Gasteiger partial charge in [0.25, 0.3) is 5.69 Å². The Morgan fingerprint density at radius 3 is 2.76 bits per heavy atom. The molecule has 0 fully saturated rings. The third-order valence-corrected chi connectivity index (χ3v) is 3.93. The SMILES string of the molecule is CCOc1cc(NC(C)(C)c2nccs2)cc([N+](=O)[O-])c1. The van der Waals surface area contributed by atoms with Gasteiger partial charge in [0.05, 0.1) is 23.1 Å². The van der Waals surface area contributed by atoms with E-state index in [4.69, 9.17) is 4.74 Å². The largest absolute Gasteiger partial charge is 0.494 e. The molecule has 1 heterocycles. The van der Waals surface area contributed by atoms with Crippen molar-refractivity contribution >= 4 is 22.7 Å². The minimum absolute atomic E-state index is 0.00149. The molecule has 0 saturated carbocycles. The monoisotopic (exact) mass is 307 g/mol. The first-order valence-electron chi connectivity index (χ1n) is 6.53. The number of nitro groups is 1. The van der Waals surface area contributed by atoms with E-state index in [0.29, 0.717) is 18.0 Å². The van der Waals surface area contributed by atoms with Gasteiger partial charge in [0.15, 0.2) is 0 Å². The molecule has 7 heteroatoms. The molecule has 0 spiro atoms. The Morgan fingerprint density at radius 2 is 2.19 bits per heavy atom. The lowest BCUT2D eigenvalue weighted by Crippen LogP contribution is -2.27. The van der Waals surface area contributed by atoms with Gasteiger partial charge >= 0.3 is 0 Å². The van der Waals surface area contributed by atoms with Crippen LogP contribution in [0.5, 0.6) is 5.75 Å². The van der Waals surface area contributed by atoms with Crippen molar-refractivity contribution in [2.45, 2.75) is 26.3 Å². The summed E-state index contributed by atoms with van der Waals surface area (Å²) < 4.78 is 5.39. The molecule has 2 aromatic rings. The van der Waals surface area contributed by atoms with E-state index in [1.807, 2.05) is 26.2 Å². The Hall–Kier alpha value is -2.15. The molecule has 2 rings (SSSR count). The lowest BCUT2D eigenvalue weighted by molar-refractivity contribution is -0.384. The number of nitrogens with one attached hydrogen (secondary N) is 1. The minimum Gasteiger partial charge on any atom is -0.494 e. The van der Waals surface area contributed by atoms with Gasteiger partial charge in [-0.15, -0.1) is 11.3 Å². The smallest absolute Gasteiger partial charge is 0.275 e. The van der Waals surface area contributed by atoms with E-state index in [-0.39, 0.29) is 5.69 Å². The number of non-ortho nitro benzene ring substituents is 1. The Bertz CT molecular complexity index is 626. The maximum Gasteiger partial charge on any atom is 0.275 e. The van der Waals surface area contributed by atoms with Gasteiger partial charge < -0.3 is 10.1 Å². The standard InChI is InChI=1S/C14H17N3O3S/c1-4-20-12-8-10(7-11(9-12)17(18)19)16-14(2,3)13-15-5-6-21-13/h5-9,16H,4H2,1-3H3. The van der Waals surface area contributed by atoms with Gasteiger partial charge in [0.1, 0.15) is 10.8 Å². The predicted octanol–water partition coefficient (Wildman–Crippen LogP) is 3.80. The van der Waals surface area contributed by atoms with Crippen LogP contribution in [0.25, 0.3) is 0 Å². The Labute approximate surface area is 126 Å². The quantitative estimate of drug-likeness (QED) is 0.649. The average Bonchev–Trinajstić information content (AvgIpc) is 2.92.